The van der Waals surface area contributed by atoms with Gasteiger partial charge in [-0.3, -0.25) is 4.57 Å². The van der Waals surface area contributed by atoms with E-state index in [0.29, 0.717) is 5.95 Å². The van der Waals surface area contributed by atoms with E-state index in [1.807, 2.05) is 10.6 Å². The molecule has 1 fully saturated rings. The van der Waals surface area contributed by atoms with Crippen molar-refractivity contribution in [2.75, 3.05) is 18.9 Å². The van der Waals surface area contributed by atoms with Gasteiger partial charge in [-0.25, -0.2) is 9.97 Å². The third-order valence-electron chi connectivity index (χ3n) is 3.82. The molecule has 0 bridgehead atoms. The molecule has 19 heavy (non-hydrogen) atoms. The van der Waals surface area contributed by atoms with Crippen LogP contribution in [0.4, 0.5) is 5.95 Å². The van der Waals surface area contributed by atoms with Gasteiger partial charge < -0.3 is 10.5 Å². The van der Waals surface area contributed by atoms with Crippen molar-refractivity contribution in [1.29, 1.82) is 0 Å². The van der Waals surface area contributed by atoms with Crippen LogP contribution in [0.25, 0.3) is 11.2 Å². The molecular formula is C13H17BrN4O. The first-order valence-electron chi connectivity index (χ1n) is 6.42. The molecule has 0 atom stereocenters. The van der Waals surface area contributed by atoms with Crippen molar-refractivity contribution in [3.8, 4) is 0 Å². The largest absolute Gasteiger partial charge is 0.381 e. The molecule has 2 N–H and O–H groups in total. The van der Waals surface area contributed by atoms with Gasteiger partial charge in [0.25, 0.3) is 0 Å². The molecule has 1 aliphatic heterocycles. The molecule has 0 amide bonds. The Bertz CT molecular complexity index is 604. The van der Waals surface area contributed by atoms with Crippen LogP contribution >= 0.6 is 15.9 Å². The zero-order valence-electron chi connectivity index (χ0n) is 10.9. The van der Waals surface area contributed by atoms with E-state index in [1.54, 1.807) is 6.20 Å². The van der Waals surface area contributed by atoms with Crippen LogP contribution in [-0.2, 0) is 11.3 Å². The van der Waals surface area contributed by atoms with Gasteiger partial charge in [-0.1, -0.05) is 6.92 Å². The first-order valence-corrected chi connectivity index (χ1v) is 7.22. The molecule has 2 aromatic heterocycles. The third-order valence-corrected chi connectivity index (χ3v) is 4.25. The number of fused-ring (bicyclic) bond motifs is 1. The van der Waals surface area contributed by atoms with Crippen LogP contribution in [0.3, 0.4) is 0 Å². The summed E-state index contributed by atoms with van der Waals surface area (Å²) in [6.07, 6.45) is 3.87. The maximum atomic E-state index is 6.04. The van der Waals surface area contributed by atoms with E-state index in [-0.39, 0.29) is 5.41 Å². The van der Waals surface area contributed by atoms with E-state index in [2.05, 4.69) is 32.8 Å². The summed E-state index contributed by atoms with van der Waals surface area (Å²) in [6, 6.07) is 1.95. The molecule has 5 nitrogen and oxygen atoms in total. The molecule has 6 heteroatoms. The van der Waals surface area contributed by atoms with Gasteiger partial charge in [-0.2, -0.15) is 0 Å². The van der Waals surface area contributed by atoms with Crippen molar-refractivity contribution in [3.05, 3.63) is 16.7 Å². The lowest BCUT2D eigenvalue weighted by Gasteiger charge is -2.34. The lowest BCUT2D eigenvalue weighted by Crippen LogP contribution is -2.31. The second-order valence-corrected chi connectivity index (χ2v) is 6.39. The number of ether oxygens (including phenoxy) is 1. The first kappa shape index (κ1) is 12.9. The summed E-state index contributed by atoms with van der Waals surface area (Å²) in [6.45, 7) is 4.76. The number of nitrogens with zero attached hydrogens (tertiary/aromatic N) is 3. The number of halogens is 1. The Morgan fingerprint density at radius 2 is 2.21 bits per heavy atom. The van der Waals surface area contributed by atoms with Crippen molar-refractivity contribution in [3.63, 3.8) is 0 Å². The fraction of sp³-hybridized carbons (Fsp3) is 0.538. The maximum Gasteiger partial charge on any atom is 0.202 e. The number of rotatable bonds is 2. The normalized spacial score (nSPS) is 18.8. The number of nitrogens with two attached hydrogens (primary N) is 1. The fourth-order valence-corrected chi connectivity index (χ4v) is 2.88. The number of aromatic nitrogens is 3. The molecule has 0 spiro atoms. The SMILES string of the molecule is CC1(Cn2c(N)nc3cc(Br)cnc32)CCOCC1. The van der Waals surface area contributed by atoms with Gasteiger partial charge in [0.05, 0.1) is 0 Å². The van der Waals surface area contributed by atoms with Crippen LogP contribution in [-0.4, -0.2) is 27.7 Å². The van der Waals surface area contributed by atoms with Gasteiger partial charge in [-0.15, -0.1) is 0 Å². The number of pyridine rings is 1. The second kappa shape index (κ2) is 4.76. The molecule has 0 radical (unpaired) electrons. The summed E-state index contributed by atoms with van der Waals surface area (Å²) < 4.78 is 8.38. The number of hydrogen-bond acceptors (Lipinski definition) is 4. The standard InChI is InChI=1S/C13H17BrN4O/c1-13(2-4-19-5-3-13)8-18-11-10(17-12(18)15)6-9(14)7-16-11/h6-7H,2-5,8H2,1H3,(H2,15,17). The second-order valence-electron chi connectivity index (χ2n) is 5.48. The molecule has 0 aromatic carbocycles. The highest BCUT2D eigenvalue weighted by Crippen LogP contribution is 2.33. The molecule has 3 heterocycles. The van der Waals surface area contributed by atoms with E-state index in [4.69, 9.17) is 10.5 Å². The summed E-state index contributed by atoms with van der Waals surface area (Å²) >= 11 is 3.41. The monoisotopic (exact) mass is 324 g/mol. The van der Waals surface area contributed by atoms with Gasteiger partial charge in [0.15, 0.2) is 5.65 Å². The summed E-state index contributed by atoms with van der Waals surface area (Å²) in [4.78, 5) is 8.83. The van der Waals surface area contributed by atoms with E-state index in [9.17, 15) is 0 Å². The molecular weight excluding hydrogens is 308 g/mol. The zero-order valence-corrected chi connectivity index (χ0v) is 12.5. The van der Waals surface area contributed by atoms with Gasteiger partial charge in [0.1, 0.15) is 5.52 Å². The number of nitrogen functional groups attached to an aromatic ring is 1. The minimum absolute atomic E-state index is 0.203. The van der Waals surface area contributed by atoms with Crippen LogP contribution in [0, 0.1) is 5.41 Å². The van der Waals surface area contributed by atoms with Crippen molar-refractivity contribution >= 4 is 33.0 Å². The number of imidazole rings is 1. The maximum absolute atomic E-state index is 6.04. The topological polar surface area (TPSA) is 66.0 Å². The smallest absolute Gasteiger partial charge is 0.202 e. The van der Waals surface area contributed by atoms with Gasteiger partial charge in [-0.05, 0) is 40.3 Å². The van der Waals surface area contributed by atoms with Gasteiger partial charge >= 0.3 is 0 Å². The average Bonchev–Trinajstić information content (AvgIpc) is 2.65. The highest BCUT2D eigenvalue weighted by Gasteiger charge is 2.29. The van der Waals surface area contributed by atoms with E-state index >= 15 is 0 Å². The number of anilines is 1. The molecule has 2 aromatic rings. The Morgan fingerprint density at radius 1 is 1.47 bits per heavy atom. The molecule has 0 aliphatic carbocycles. The van der Waals surface area contributed by atoms with Crippen LogP contribution in [0.1, 0.15) is 19.8 Å². The van der Waals surface area contributed by atoms with Crippen molar-refractivity contribution < 1.29 is 4.74 Å². The predicted molar refractivity (Wildman–Crippen MR) is 77.8 cm³/mol. The molecule has 1 saturated heterocycles. The fourth-order valence-electron chi connectivity index (χ4n) is 2.56. The van der Waals surface area contributed by atoms with Crippen LogP contribution < -0.4 is 5.73 Å². The van der Waals surface area contributed by atoms with Gasteiger partial charge in [0.2, 0.25) is 5.95 Å². The minimum Gasteiger partial charge on any atom is -0.381 e. The van der Waals surface area contributed by atoms with E-state index in [1.165, 1.54) is 0 Å². The predicted octanol–water partition coefficient (Wildman–Crippen LogP) is 2.59. The minimum atomic E-state index is 0.203. The quantitative estimate of drug-likeness (QED) is 0.922. The highest BCUT2D eigenvalue weighted by molar-refractivity contribution is 9.10. The summed E-state index contributed by atoms with van der Waals surface area (Å²) in [5.41, 5.74) is 7.94. The molecule has 1 aliphatic rings. The zero-order chi connectivity index (χ0) is 13.5. The van der Waals surface area contributed by atoms with Crippen LogP contribution in [0.2, 0.25) is 0 Å². The first-order chi connectivity index (χ1) is 9.07. The molecule has 3 rings (SSSR count). The van der Waals surface area contributed by atoms with E-state index in [0.717, 1.165) is 48.2 Å². The lowest BCUT2D eigenvalue weighted by molar-refractivity contribution is 0.0162. The van der Waals surface area contributed by atoms with Crippen molar-refractivity contribution in [2.45, 2.75) is 26.3 Å². The number of hydrogen-bond donors (Lipinski definition) is 1. The van der Waals surface area contributed by atoms with E-state index < -0.39 is 0 Å². The van der Waals surface area contributed by atoms with Gasteiger partial charge in [0, 0.05) is 30.4 Å². The Balaban J connectivity index is 1.98. The molecule has 0 unspecified atom stereocenters. The summed E-state index contributed by atoms with van der Waals surface area (Å²) in [5.74, 6) is 0.535. The van der Waals surface area contributed by atoms with Crippen LogP contribution in [0.5, 0.6) is 0 Å². The third kappa shape index (κ3) is 2.47. The lowest BCUT2D eigenvalue weighted by atomic mass is 9.82. The molecule has 102 valence electrons. The highest BCUT2D eigenvalue weighted by atomic mass is 79.9. The Hall–Kier alpha value is -1.14. The molecule has 0 saturated carbocycles. The Labute approximate surface area is 120 Å². The summed E-state index contributed by atoms with van der Waals surface area (Å²) in [5, 5.41) is 0. The summed E-state index contributed by atoms with van der Waals surface area (Å²) in [7, 11) is 0. The Morgan fingerprint density at radius 3 is 2.95 bits per heavy atom. The Kier molecular flexibility index (Phi) is 3.22. The average molecular weight is 325 g/mol. The van der Waals surface area contributed by atoms with Crippen molar-refractivity contribution in [1.82, 2.24) is 14.5 Å². The van der Waals surface area contributed by atoms with Crippen LogP contribution in [0.15, 0.2) is 16.7 Å². The van der Waals surface area contributed by atoms with Crippen molar-refractivity contribution in [2.24, 2.45) is 5.41 Å².